The molecule has 0 fully saturated rings. The Labute approximate surface area is 384 Å². The molecule has 12 aromatic rings. The van der Waals surface area contributed by atoms with E-state index in [-0.39, 0.29) is 22.4 Å². The highest BCUT2D eigenvalue weighted by molar-refractivity contribution is 6.14. The molecule has 0 saturated heterocycles. The van der Waals surface area contributed by atoms with Crippen LogP contribution in [0.5, 0.6) is 0 Å². The third kappa shape index (κ3) is 6.76. The average Bonchev–Trinajstić information content (AvgIpc) is 3.90. The van der Waals surface area contributed by atoms with E-state index in [1.165, 1.54) is 12.1 Å². The lowest BCUT2D eigenvalue weighted by molar-refractivity contribution is -0.137. The molecule has 0 saturated carbocycles. The van der Waals surface area contributed by atoms with Crippen LogP contribution in [0.3, 0.4) is 0 Å². The monoisotopic (exact) mass is 889 g/mol. The van der Waals surface area contributed by atoms with Crippen molar-refractivity contribution in [3.8, 4) is 74.1 Å². The zero-order valence-corrected chi connectivity index (χ0v) is 35.4. The van der Waals surface area contributed by atoms with Crippen molar-refractivity contribution in [1.29, 1.82) is 5.26 Å². The number of alkyl halides is 3. The molecule has 12 rings (SSSR count). The van der Waals surface area contributed by atoms with Crippen molar-refractivity contribution in [2.75, 3.05) is 0 Å². The Morgan fingerprint density at radius 1 is 0.382 bits per heavy atom. The van der Waals surface area contributed by atoms with Gasteiger partial charge in [-0.25, -0.2) is 39.9 Å². The summed E-state index contributed by atoms with van der Waals surface area (Å²) < 4.78 is 51.6. The fourth-order valence-electron chi connectivity index (χ4n) is 9.08. The molecular formula is C54H30F3N11. The maximum atomic E-state index is 15.9. The number of benzene rings is 6. The van der Waals surface area contributed by atoms with Gasteiger partial charge in [-0.2, -0.15) is 18.4 Å². The second-order valence-corrected chi connectivity index (χ2v) is 16.0. The van der Waals surface area contributed by atoms with Crippen LogP contribution in [0.4, 0.5) is 13.2 Å². The highest BCUT2D eigenvalue weighted by Gasteiger charge is 2.36. The number of hydrogen-bond acceptors (Lipinski definition) is 9. The minimum Gasteiger partial charge on any atom is -0.307 e. The van der Waals surface area contributed by atoms with E-state index in [0.717, 1.165) is 43.8 Å². The molecule has 0 aliphatic carbocycles. The topological polar surface area (TPSA) is 137 Å². The average molecular weight is 890 g/mol. The summed E-state index contributed by atoms with van der Waals surface area (Å²) in [5.41, 5.74) is 5.79. The van der Waals surface area contributed by atoms with Crippen LogP contribution in [0.2, 0.25) is 0 Å². The molecule has 0 amide bonds. The van der Waals surface area contributed by atoms with Crippen molar-refractivity contribution in [3.05, 3.63) is 194 Å². The van der Waals surface area contributed by atoms with E-state index in [4.69, 9.17) is 0 Å². The minimum absolute atomic E-state index is 0.0975. The molecule has 6 aromatic heterocycles. The number of nitriles is 1. The number of fused-ring (bicyclic) bond motifs is 6. The first-order valence-corrected chi connectivity index (χ1v) is 21.3. The van der Waals surface area contributed by atoms with E-state index in [1.807, 2.05) is 81.9 Å². The van der Waals surface area contributed by atoms with Gasteiger partial charge in [-0.3, -0.25) is 0 Å². The molecule has 322 valence electrons. The Kier molecular flexibility index (Phi) is 9.36. The number of rotatable bonds is 7. The van der Waals surface area contributed by atoms with Crippen LogP contribution >= 0.6 is 0 Å². The standard InChI is InChI=1S/C54H30F3N11/c55-54(56,57)43-30-49(68-46-14-10-36(52-63-20-4-21-64-52)27-41(46)42-28-37(11-15-47(42)68)53-65-22-5-23-66-53)48(29-38(43)33-7-1-6-32(24-33)31-58)67-44-12-8-34(50-59-16-2-17-60-50)25-39(44)40-26-35(9-13-45(40)67)51-61-18-3-19-62-51/h1-30H. The SMILES string of the molecule is N#Cc1cccc(-c2cc(-n3c4ccc(-c5ncccn5)cc4c4cc(-c5ncccn5)ccc43)c(-n3c4ccc(-c5ncccn5)cc4c4cc(-c5ncccn5)ccc43)cc2C(F)(F)F)c1. The second-order valence-electron chi connectivity index (χ2n) is 16.0. The fraction of sp³-hybridized carbons (Fsp3) is 0.0185. The first-order valence-electron chi connectivity index (χ1n) is 21.3. The summed E-state index contributed by atoms with van der Waals surface area (Å²) in [5.74, 6) is 2.01. The fourth-order valence-corrected chi connectivity index (χ4v) is 9.08. The zero-order chi connectivity index (χ0) is 45.9. The van der Waals surface area contributed by atoms with Crippen molar-refractivity contribution in [2.45, 2.75) is 6.18 Å². The van der Waals surface area contributed by atoms with Gasteiger partial charge in [-0.1, -0.05) is 12.1 Å². The normalized spacial score (nSPS) is 11.7. The van der Waals surface area contributed by atoms with Crippen LogP contribution in [0.25, 0.3) is 112 Å². The Morgan fingerprint density at radius 3 is 1.07 bits per heavy atom. The summed E-state index contributed by atoms with van der Waals surface area (Å²) >= 11 is 0. The first-order chi connectivity index (χ1) is 33.3. The van der Waals surface area contributed by atoms with Gasteiger partial charge in [0.25, 0.3) is 0 Å². The molecule has 6 heterocycles. The predicted octanol–water partition coefficient (Wildman–Crippen LogP) is 12.3. The van der Waals surface area contributed by atoms with Gasteiger partial charge in [0.05, 0.1) is 50.6 Å². The summed E-state index contributed by atoms with van der Waals surface area (Å²) in [6.45, 7) is 0. The lowest BCUT2D eigenvalue weighted by Crippen LogP contribution is -2.12. The van der Waals surface area contributed by atoms with E-state index in [0.29, 0.717) is 51.1 Å². The highest BCUT2D eigenvalue weighted by Crippen LogP contribution is 2.46. The number of nitrogens with zero attached hydrogens (tertiary/aromatic N) is 11. The Balaban J connectivity index is 1.23. The van der Waals surface area contributed by atoms with Gasteiger partial charge in [-0.05, 0) is 132 Å². The van der Waals surface area contributed by atoms with Gasteiger partial charge in [0, 0.05) is 93.4 Å². The summed E-state index contributed by atoms with van der Waals surface area (Å²) in [5, 5.41) is 13.0. The van der Waals surface area contributed by atoms with E-state index in [9.17, 15) is 5.26 Å². The largest absolute Gasteiger partial charge is 0.417 e. The molecule has 68 heavy (non-hydrogen) atoms. The van der Waals surface area contributed by atoms with E-state index >= 15 is 13.2 Å². The number of aromatic nitrogens is 10. The molecule has 0 N–H and O–H groups in total. The molecule has 14 heteroatoms. The second kappa shape index (κ2) is 15.9. The van der Waals surface area contributed by atoms with Gasteiger partial charge in [0.2, 0.25) is 0 Å². The smallest absolute Gasteiger partial charge is 0.307 e. The Bertz CT molecular complexity index is 3770. The van der Waals surface area contributed by atoms with Gasteiger partial charge >= 0.3 is 6.18 Å². The summed E-state index contributed by atoms with van der Waals surface area (Å²) in [6, 6.07) is 41.3. The van der Waals surface area contributed by atoms with Crippen LogP contribution in [0.1, 0.15) is 11.1 Å². The predicted molar refractivity (Wildman–Crippen MR) is 254 cm³/mol. The summed E-state index contributed by atoms with van der Waals surface area (Å²) in [7, 11) is 0. The molecule has 0 bridgehead atoms. The van der Waals surface area contributed by atoms with E-state index in [2.05, 4.69) is 45.9 Å². The molecule has 0 radical (unpaired) electrons. The van der Waals surface area contributed by atoms with Crippen LogP contribution in [0.15, 0.2) is 183 Å². The Morgan fingerprint density at radius 2 is 0.735 bits per heavy atom. The van der Waals surface area contributed by atoms with Gasteiger partial charge in [-0.15, -0.1) is 0 Å². The quantitative estimate of drug-likeness (QED) is 0.153. The molecule has 0 aliphatic heterocycles. The van der Waals surface area contributed by atoms with Gasteiger partial charge < -0.3 is 9.13 Å². The Hall–Kier alpha value is -9.48. The lowest BCUT2D eigenvalue weighted by Gasteiger charge is -2.22. The van der Waals surface area contributed by atoms with Crippen molar-refractivity contribution >= 4 is 43.6 Å². The minimum atomic E-state index is -4.82. The molecule has 0 unspecified atom stereocenters. The van der Waals surface area contributed by atoms with Gasteiger partial charge in [0.15, 0.2) is 23.3 Å². The maximum absolute atomic E-state index is 15.9. The maximum Gasteiger partial charge on any atom is 0.417 e. The van der Waals surface area contributed by atoms with Crippen LogP contribution in [-0.4, -0.2) is 49.0 Å². The summed E-state index contributed by atoms with van der Waals surface area (Å²) in [4.78, 5) is 36.2. The molecule has 6 aromatic carbocycles. The molecular weight excluding hydrogens is 860 g/mol. The van der Waals surface area contributed by atoms with Crippen molar-refractivity contribution < 1.29 is 13.2 Å². The van der Waals surface area contributed by atoms with E-state index in [1.54, 1.807) is 98.1 Å². The van der Waals surface area contributed by atoms with E-state index < -0.39 is 11.7 Å². The molecule has 0 atom stereocenters. The first kappa shape index (κ1) is 40.1. The van der Waals surface area contributed by atoms with Crippen molar-refractivity contribution in [3.63, 3.8) is 0 Å². The molecule has 11 nitrogen and oxygen atoms in total. The molecule has 0 spiro atoms. The van der Waals surface area contributed by atoms with Gasteiger partial charge in [0.1, 0.15) is 0 Å². The lowest BCUT2D eigenvalue weighted by atomic mass is 9.95. The molecule has 0 aliphatic rings. The van der Waals surface area contributed by atoms with Crippen LogP contribution < -0.4 is 0 Å². The zero-order valence-electron chi connectivity index (χ0n) is 35.4. The summed E-state index contributed by atoms with van der Waals surface area (Å²) in [6.07, 6.45) is 8.53. The van der Waals surface area contributed by atoms with Crippen molar-refractivity contribution in [2.24, 2.45) is 0 Å². The number of hydrogen-bond donors (Lipinski definition) is 0. The van der Waals surface area contributed by atoms with Crippen LogP contribution in [0, 0.1) is 11.3 Å². The highest BCUT2D eigenvalue weighted by atomic mass is 19.4. The van der Waals surface area contributed by atoms with Crippen molar-refractivity contribution in [1.82, 2.24) is 49.0 Å². The van der Waals surface area contributed by atoms with Crippen LogP contribution in [-0.2, 0) is 6.18 Å². The third-order valence-electron chi connectivity index (χ3n) is 12.0. The third-order valence-corrected chi connectivity index (χ3v) is 12.0. The number of halogens is 3.